The maximum Gasteiger partial charge on any atom is -0.00169 e. The van der Waals surface area contributed by atoms with Crippen LogP contribution in [0.3, 0.4) is 0 Å². The van der Waals surface area contributed by atoms with Crippen molar-refractivity contribution in [2.45, 2.75) is 26.7 Å². The molecule has 1 atom stereocenters. The summed E-state index contributed by atoms with van der Waals surface area (Å²) in [5.74, 6) is 0.858. The molecule has 1 unspecified atom stereocenters. The van der Waals surface area contributed by atoms with E-state index in [9.17, 15) is 0 Å². The fourth-order valence-electron chi connectivity index (χ4n) is 2.15. The maximum atomic E-state index is 3.42. The molecule has 1 nitrogen and oxygen atoms in total. The van der Waals surface area contributed by atoms with Crippen molar-refractivity contribution in [3.8, 4) is 0 Å². The Kier molecular flexibility index (Phi) is 2.87. The predicted molar refractivity (Wildman–Crippen MR) is 60.6 cm³/mol. The van der Waals surface area contributed by atoms with Crippen LogP contribution in [0.4, 0.5) is 0 Å². The number of hydrogen-bond acceptors (Lipinski definition) is 1. The van der Waals surface area contributed by atoms with Crippen molar-refractivity contribution in [2.24, 2.45) is 5.92 Å². The molecule has 76 valence electrons. The minimum absolute atomic E-state index is 0.858. The van der Waals surface area contributed by atoms with Gasteiger partial charge in [0.2, 0.25) is 0 Å². The molecule has 0 aromatic heterocycles. The molecule has 1 aromatic rings. The molecular formula is C13H19N. The summed E-state index contributed by atoms with van der Waals surface area (Å²) in [5.41, 5.74) is 4.33. The van der Waals surface area contributed by atoms with Crippen LogP contribution in [0.2, 0.25) is 0 Å². The zero-order chi connectivity index (χ0) is 9.97. The lowest BCUT2D eigenvalue weighted by atomic mass is 9.96. The van der Waals surface area contributed by atoms with Gasteiger partial charge < -0.3 is 5.32 Å². The van der Waals surface area contributed by atoms with Crippen molar-refractivity contribution >= 4 is 0 Å². The molecule has 14 heavy (non-hydrogen) atoms. The van der Waals surface area contributed by atoms with E-state index in [-0.39, 0.29) is 0 Å². The van der Waals surface area contributed by atoms with Crippen LogP contribution in [0.15, 0.2) is 18.2 Å². The van der Waals surface area contributed by atoms with Gasteiger partial charge in [0.1, 0.15) is 0 Å². The van der Waals surface area contributed by atoms with E-state index >= 15 is 0 Å². The Hall–Kier alpha value is -0.820. The van der Waals surface area contributed by atoms with Gasteiger partial charge in [0, 0.05) is 0 Å². The first kappa shape index (κ1) is 9.72. The normalized spacial score (nSPS) is 21.4. The minimum Gasteiger partial charge on any atom is -0.316 e. The van der Waals surface area contributed by atoms with E-state index in [1.54, 1.807) is 0 Å². The topological polar surface area (TPSA) is 12.0 Å². The lowest BCUT2D eigenvalue weighted by Gasteiger charge is -2.09. The molecule has 2 rings (SSSR count). The highest BCUT2D eigenvalue weighted by atomic mass is 14.9. The first-order chi connectivity index (χ1) is 6.75. The van der Waals surface area contributed by atoms with Gasteiger partial charge in [0.25, 0.3) is 0 Å². The zero-order valence-electron chi connectivity index (χ0n) is 9.14. The van der Waals surface area contributed by atoms with E-state index in [1.807, 2.05) is 0 Å². The highest BCUT2D eigenvalue weighted by molar-refractivity contribution is 5.30. The zero-order valence-corrected chi connectivity index (χ0v) is 9.14. The molecule has 1 aromatic carbocycles. The van der Waals surface area contributed by atoms with E-state index in [1.165, 1.54) is 42.6 Å². The Balaban J connectivity index is 2.05. The molecular weight excluding hydrogens is 170 g/mol. The third-order valence-corrected chi connectivity index (χ3v) is 3.26. The van der Waals surface area contributed by atoms with Crippen molar-refractivity contribution in [3.63, 3.8) is 0 Å². The van der Waals surface area contributed by atoms with Gasteiger partial charge in [-0.15, -0.1) is 0 Å². The average Bonchev–Trinajstić information content (AvgIpc) is 2.64. The van der Waals surface area contributed by atoms with Crippen molar-refractivity contribution < 1.29 is 0 Å². The van der Waals surface area contributed by atoms with E-state index < -0.39 is 0 Å². The van der Waals surface area contributed by atoms with Crippen LogP contribution in [-0.2, 0) is 6.42 Å². The molecule has 0 saturated carbocycles. The molecule has 0 radical (unpaired) electrons. The Morgan fingerprint density at radius 3 is 2.79 bits per heavy atom. The smallest absolute Gasteiger partial charge is 0.00169 e. The lowest BCUT2D eigenvalue weighted by Crippen LogP contribution is -2.10. The second-order valence-electron chi connectivity index (χ2n) is 4.48. The Morgan fingerprint density at radius 1 is 1.29 bits per heavy atom. The summed E-state index contributed by atoms with van der Waals surface area (Å²) in [6.07, 6.45) is 2.58. The lowest BCUT2D eigenvalue weighted by molar-refractivity contribution is 0.580. The summed E-state index contributed by atoms with van der Waals surface area (Å²) in [6, 6.07) is 6.86. The number of hydrogen-bond donors (Lipinski definition) is 1. The number of aryl methyl sites for hydroxylation is 2. The molecule has 1 heterocycles. The molecule has 1 saturated heterocycles. The summed E-state index contributed by atoms with van der Waals surface area (Å²) in [6.45, 7) is 6.78. The summed E-state index contributed by atoms with van der Waals surface area (Å²) in [5, 5.41) is 3.42. The van der Waals surface area contributed by atoms with Gasteiger partial charge in [0.05, 0.1) is 0 Å². The number of rotatable bonds is 2. The van der Waals surface area contributed by atoms with E-state index in [4.69, 9.17) is 0 Å². The van der Waals surface area contributed by atoms with Crippen molar-refractivity contribution in [2.75, 3.05) is 13.1 Å². The van der Waals surface area contributed by atoms with Gasteiger partial charge in [-0.2, -0.15) is 0 Å². The molecule has 1 aliphatic heterocycles. The van der Waals surface area contributed by atoms with Crippen LogP contribution >= 0.6 is 0 Å². The van der Waals surface area contributed by atoms with Crippen LogP contribution < -0.4 is 5.32 Å². The predicted octanol–water partition coefficient (Wildman–Crippen LogP) is 2.46. The Morgan fingerprint density at radius 2 is 2.14 bits per heavy atom. The highest BCUT2D eigenvalue weighted by Crippen LogP contribution is 2.17. The summed E-state index contributed by atoms with van der Waals surface area (Å²) in [7, 11) is 0. The van der Waals surface area contributed by atoms with Gasteiger partial charge >= 0.3 is 0 Å². The summed E-state index contributed by atoms with van der Waals surface area (Å²) >= 11 is 0. The van der Waals surface area contributed by atoms with E-state index in [2.05, 4.69) is 37.4 Å². The highest BCUT2D eigenvalue weighted by Gasteiger charge is 2.14. The van der Waals surface area contributed by atoms with Gasteiger partial charge in [-0.05, 0) is 62.4 Å². The standard InChI is InChI=1S/C13H19N/c1-10-3-4-12(7-11(10)2)8-13-5-6-14-9-13/h3-4,7,13-14H,5-6,8-9H2,1-2H3. The van der Waals surface area contributed by atoms with Gasteiger partial charge in [-0.1, -0.05) is 18.2 Å². The van der Waals surface area contributed by atoms with Crippen LogP contribution in [0, 0.1) is 19.8 Å². The van der Waals surface area contributed by atoms with Crippen LogP contribution in [-0.4, -0.2) is 13.1 Å². The minimum atomic E-state index is 0.858. The van der Waals surface area contributed by atoms with Crippen LogP contribution in [0.5, 0.6) is 0 Å². The SMILES string of the molecule is Cc1ccc(CC2CCNC2)cc1C. The largest absolute Gasteiger partial charge is 0.316 e. The maximum absolute atomic E-state index is 3.42. The fraction of sp³-hybridized carbons (Fsp3) is 0.538. The monoisotopic (exact) mass is 189 g/mol. The molecule has 0 bridgehead atoms. The van der Waals surface area contributed by atoms with Gasteiger partial charge in [-0.25, -0.2) is 0 Å². The molecule has 0 spiro atoms. The van der Waals surface area contributed by atoms with Crippen molar-refractivity contribution in [1.29, 1.82) is 0 Å². The second kappa shape index (κ2) is 4.14. The molecule has 1 N–H and O–H groups in total. The van der Waals surface area contributed by atoms with Crippen LogP contribution in [0.1, 0.15) is 23.1 Å². The molecule has 1 aliphatic rings. The third kappa shape index (κ3) is 2.16. The number of benzene rings is 1. The fourth-order valence-corrected chi connectivity index (χ4v) is 2.15. The molecule has 0 amide bonds. The quantitative estimate of drug-likeness (QED) is 0.753. The van der Waals surface area contributed by atoms with Crippen LogP contribution in [0.25, 0.3) is 0 Å². The van der Waals surface area contributed by atoms with Crippen molar-refractivity contribution in [3.05, 3.63) is 34.9 Å². The van der Waals surface area contributed by atoms with E-state index in [0.717, 1.165) is 5.92 Å². The number of nitrogens with one attached hydrogen (secondary N) is 1. The first-order valence-corrected chi connectivity index (χ1v) is 5.52. The molecule has 0 aliphatic carbocycles. The second-order valence-corrected chi connectivity index (χ2v) is 4.48. The summed E-state index contributed by atoms with van der Waals surface area (Å²) < 4.78 is 0. The third-order valence-electron chi connectivity index (χ3n) is 3.26. The molecule has 1 fully saturated rings. The first-order valence-electron chi connectivity index (χ1n) is 5.52. The van der Waals surface area contributed by atoms with E-state index in [0.29, 0.717) is 0 Å². The average molecular weight is 189 g/mol. The van der Waals surface area contributed by atoms with Gasteiger partial charge in [-0.3, -0.25) is 0 Å². The molecule has 1 heteroatoms. The Bertz CT molecular complexity index is 311. The van der Waals surface area contributed by atoms with Gasteiger partial charge in [0.15, 0.2) is 0 Å². The van der Waals surface area contributed by atoms with Crippen molar-refractivity contribution in [1.82, 2.24) is 5.32 Å². The Labute approximate surface area is 86.5 Å². The summed E-state index contributed by atoms with van der Waals surface area (Å²) in [4.78, 5) is 0.